The number of benzene rings is 1. The molecule has 0 radical (unpaired) electrons. The van der Waals surface area contributed by atoms with Crippen molar-refractivity contribution in [1.29, 1.82) is 0 Å². The summed E-state index contributed by atoms with van der Waals surface area (Å²) in [6.45, 7) is -0.0854. The van der Waals surface area contributed by atoms with E-state index in [0.29, 0.717) is 11.1 Å². The number of aliphatic hydroxyl groups excluding tert-OH is 1. The Kier molecular flexibility index (Phi) is 2.35. The maximum absolute atomic E-state index is 13.0. The molecule has 2 nitrogen and oxygen atoms in total. The van der Waals surface area contributed by atoms with Gasteiger partial charge in [0.2, 0.25) is 0 Å². The van der Waals surface area contributed by atoms with Gasteiger partial charge in [0.25, 0.3) is 0 Å². The molecule has 0 atom stereocenters. The molecule has 2 aromatic rings. The van der Waals surface area contributed by atoms with Gasteiger partial charge in [-0.15, -0.1) is 0 Å². The van der Waals surface area contributed by atoms with Crippen LogP contribution in [0, 0.1) is 5.82 Å². The van der Waals surface area contributed by atoms with Crippen LogP contribution >= 0.6 is 11.6 Å². The predicted molar refractivity (Wildman–Crippen MR) is 52.6 cm³/mol. The highest BCUT2D eigenvalue weighted by Gasteiger charge is 2.03. The van der Waals surface area contributed by atoms with E-state index in [1.807, 2.05) is 0 Å². The van der Waals surface area contributed by atoms with Crippen molar-refractivity contribution in [1.82, 2.24) is 4.98 Å². The van der Waals surface area contributed by atoms with E-state index in [1.54, 1.807) is 6.07 Å². The first kappa shape index (κ1) is 9.37. The van der Waals surface area contributed by atoms with Crippen LogP contribution in [0.5, 0.6) is 0 Å². The lowest BCUT2D eigenvalue weighted by molar-refractivity contribution is 0.281. The zero-order valence-electron chi connectivity index (χ0n) is 7.17. The number of pyridine rings is 1. The topological polar surface area (TPSA) is 33.1 Å². The number of rotatable bonds is 1. The minimum atomic E-state index is -0.483. The van der Waals surface area contributed by atoms with Crippen LogP contribution in [0.15, 0.2) is 24.4 Å². The number of aliphatic hydroxyl groups is 1. The number of aromatic nitrogens is 1. The highest BCUT2D eigenvalue weighted by Crippen LogP contribution is 2.22. The maximum atomic E-state index is 13.0. The number of hydrogen-bond donors (Lipinski definition) is 1. The fourth-order valence-electron chi connectivity index (χ4n) is 1.26. The van der Waals surface area contributed by atoms with Gasteiger partial charge < -0.3 is 5.11 Å². The van der Waals surface area contributed by atoms with E-state index in [9.17, 15) is 4.39 Å². The fourth-order valence-corrected chi connectivity index (χ4v) is 1.43. The summed E-state index contributed by atoms with van der Waals surface area (Å²) in [4.78, 5) is 4.00. The summed E-state index contributed by atoms with van der Waals surface area (Å²) >= 11 is 5.62. The van der Waals surface area contributed by atoms with Gasteiger partial charge in [0.05, 0.1) is 17.1 Å². The third-order valence-electron chi connectivity index (χ3n) is 1.96. The summed E-state index contributed by atoms with van der Waals surface area (Å²) in [6.07, 6.45) is 1.51. The van der Waals surface area contributed by atoms with Crippen LogP contribution < -0.4 is 0 Å². The van der Waals surface area contributed by atoms with Crippen molar-refractivity contribution in [2.45, 2.75) is 6.61 Å². The molecule has 1 N–H and O–H groups in total. The quantitative estimate of drug-likeness (QED) is 0.786. The second-order valence-electron chi connectivity index (χ2n) is 2.96. The van der Waals surface area contributed by atoms with E-state index in [1.165, 1.54) is 18.3 Å². The monoisotopic (exact) mass is 211 g/mol. The molecule has 1 aromatic heterocycles. The number of hydrogen-bond acceptors (Lipinski definition) is 2. The lowest BCUT2D eigenvalue weighted by atomic mass is 10.1. The first-order chi connectivity index (χ1) is 6.70. The van der Waals surface area contributed by atoms with Crippen LogP contribution in [0.4, 0.5) is 4.39 Å². The summed E-state index contributed by atoms with van der Waals surface area (Å²) in [5.41, 5.74) is 1.21. The molecule has 0 spiro atoms. The summed E-state index contributed by atoms with van der Waals surface area (Å²) in [7, 11) is 0. The van der Waals surface area contributed by atoms with E-state index >= 15 is 0 Å². The lowest BCUT2D eigenvalue weighted by Crippen LogP contribution is -1.88. The van der Waals surface area contributed by atoms with Crippen molar-refractivity contribution in [3.05, 3.63) is 40.8 Å². The van der Waals surface area contributed by atoms with Crippen LogP contribution in [-0.2, 0) is 6.61 Å². The number of halogens is 2. The van der Waals surface area contributed by atoms with Crippen molar-refractivity contribution < 1.29 is 9.50 Å². The summed E-state index contributed by atoms with van der Waals surface area (Å²) in [5.74, 6) is -0.483. The molecular formula is C10H7ClFNO. The molecule has 1 aromatic carbocycles. The largest absolute Gasteiger partial charge is 0.392 e. The first-order valence-corrected chi connectivity index (χ1v) is 4.43. The molecule has 0 fully saturated rings. The molecule has 0 saturated carbocycles. The minimum Gasteiger partial charge on any atom is -0.392 e. The van der Waals surface area contributed by atoms with Gasteiger partial charge in [-0.05, 0) is 17.7 Å². The van der Waals surface area contributed by atoms with Gasteiger partial charge in [-0.25, -0.2) is 4.39 Å². The molecule has 2 rings (SSSR count). The van der Waals surface area contributed by atoms with Gasteiger partial charge in [0.1, 0.15) is 5.82 Å². The van der Waals surface area contributed by atoms with E-state index in [2.05, 4.69) is 4.98 Å². The smallest absolute Gasteiger partial charge is 0.143 e. The Morgan fingerprint density at radius 3 is 2.86 bits per heavy atom. The molecule has 0 unspecified atom stereocenters. The molecule has 0 bridgehead atoms. The minimum absolute atomic E-state index is 0.0642. The SMILES string of the molecule is OCc1cnc2cc(F)c(Cl)cc2c1. The number of nitrogens with zero attached hydrogens (tertiary/aromatic N) is 1. The van der Waals surface area contributed by atoms with Crippen LogP contribution in [0.2, 0.25) is 5.02 Å². The standard InChI is InChI=1S/C10H7ClFNO/c11-8-2-7-1-6(5-14)4-13-10(7)3-9(8)12/h1-4,14H,5H2. The van der Waals surface area contributed by atoms with Gasteiger partial charge in [0.15, 0.2) is 0 Å². The van der Waals surface area contributed by atoms with E-state index < -0.39 is 5.82 Å². The zero-order valence-corrected chi connectivity index (χ0v) is 7.92. The summed E-state index contributed by atoms with van der Waals surface area (Å²) in [6, 6.07) is 4.50. The predicted octanol–water partition coefficient (Wildman–Crippen LogP) is 2.52. The van der Waals surface area contributed by atoms with E-state index in [-0.39, 0.29) is 11.6 Å². The van der Waals surface area contributed by atoms with Gasteiger partial charge in [-0.2, -0.15) is 0 Å². The van der Waals surface area contributed by atoms with Gasteiger partial charge in [0, 0.05) is 17.6 Å². The van der Waals surface area contributed by atoms with E-state index in [4.69, 9.17) is 16.7 Å². The van der Waals surface area contributed by atoms with Gasteiger partial charge in [-0.1, -0.05) is 11.6 Å². The molecule has 0 aliphatic rings. The third-order valence-corrected chi connectivity index (χ3v) is 2.25. The average molecular weight is 212 g/mol. The Morgan fingerprint density at radius 1 is 1.36 bits per heavy atom. The molecule has 0 saturated heterocycles. The van der Waals surface area contributed by atoms with Crippen molar-refractivity contribution in [2.24, 2.45) is 0 Å². The Balaban J connectivity index is 2.70. The van der Waals surface area contributed by atoms with Gasteiger partial charge >= 0.3 is 0 Å². The average Bonchev–Trinajstić information content (AvgIpc) is 2.19. The highest BCUT2D eigenvalue weighted by molar-refractivity contribution is 6.31. The highest BCUT2D eigenvalue weighted by atomic mass is 35.5. The van der Waals surface area contributed by atoms with Crippen LogP contribution in [-0.4, -0.2) is 10.1 Å². The molecule has 72 valence electrons. The van der Waals surface area contributed by atoms with Crippen LogP contribution in [0.25, 0.3) is 10.9 Å². The molecule has 0 amide bonds. The first-order valence-electron chi connectivity index (χ1n) is 4.05. The Hall–Kier alpha value is -1.19. The Labute approximate surface area is 85.0 Å². The molecule has 14 heavy (non-hydrogen) atoms. The van der Waals surface area contributed by atoms with Crippen molar-refractivity contribution in [3.63, 3.8) is 0 Å². The van der Waals surface area contributed by atoms with Crippen molar-refractivity contribution in [3.8, 4) is 0 Å². The molecule has 4 heteroatoms. The van der Waals surface area contributed by atoms with Gasteiger partial charge in [-0.3, -0.25) is 4.98 Å². The lowest BCUT2D eigenvalue weighted by Gasteiger charge is -2.01. The zero-order chi connectivity index (χ0) is 10.1. The maximum Gasteiger partial charge on any atom is 0.143 e. The van der Waals surface area contributed by atoms with Crippen molar-refractivity contribution in [2.75, 3.05) is 0 Å². The van der Waals surface area contributed by atoms with Crippen molar-refractivity contribution >= 4 is 22.5 Å². The second-order valence-corrected chi connectivity index (χ2v) is 3.37. The molecule has 1 heterocycles. The summed E-state index contributed by atoms with van der Waals surface area (Å²) in [5, 5.41) is 9.66. The second kappa shape index (κ2) is 3.52. The Morgan fingerprint density at radius 2 is 2.14 bits per heavy atom. The number of fused-ring (bicyclic) bond motifs is 1. The summed E-state index contributed by atoms with van der Waals surface area (Å²) < 4.78 is 13.0. The fraction of sp³-hybridized carbons (Fsp3) is 0.100. The molecule has 0 aliphatic heterocycles. The Bertz CT molecular complexity index is 487. The van der Waals surface area contributed by atoms with Crippen LogP contribution in [0.3, 0.4) is 0 Å². The van der Waals surface area contributed by atoms with E-state index in [0.717, 1.165) is 5.39 Å². The van der Waals surface area contributed by atoms with Crippen LogP contribution in [0.1, 0.15) is 5.56 Å². The third kappa shape index (κ3) is 1.56. The molecular weight excluding hydrogens is 205 g/mol. The normalized spacial score (nSPS) is 10.8. The molecule has 0 aliphatic carbocycles.